The highest BCUT2D eigenvalue weighted by molar-refractivity contribution is 5.97. The van der Waals surface area contributed by atoms with Crippen LogP contribution in [0.1, 0.15) is 12.0 Å². The molecule has 2 aliphatic rings. The first kappa shape index (κ1) is 13.5. The largest absolute Gasteiger partial charge is 0.316 e. The summed E-state index contributed by atoms with van der Waals surface area (Å²) in [6, 6.07) is 16.9. The molecule has 1 fully saturated rings. The molecule has 2 aromatic rings. The molecule has 1 saturated heterocycles. The molecule has 0 aromatic heterocycles. The normalized spacial score (nSPS) is 20.2. The van der Waals surface area contributed by atoms with Gasteiger partial charge >= 0.3 is 0 Å². The summed E-state index contributed by atoms with van der Waals surface area (Å²) in [7, 11) is 0. The number of hydrogen-bond acceptors (Lipinski definition) is 2. The number of benzene rings is 2. The smallest absolute Gasteiger partial charge is 0.231 e. The number of anilines is 1. The Labute approximate surface area is 131 Å². The minimum Gasteiger partial charge on any atom is -0.316 e. The van der Waals surface area contributed by atoms with E-state index in [1.807, 2.05) is 11.0 Å². The van der Waals surface area contributed by atoms with E-state index >= 15 is 0 Å². The molecule has 3 nitrogen and oxygen atoms in total. The van der Waals surface area contributed by atoms with Crippen molar-refractivity contribution < 1.29 is 4.79 Å². The number of fused-ring (bicyclic) bond motifs is 1. The van der Waals surface area contributed by atoms with Gasteiger partial charge in [0, 0.05) is 18.8 Å². The Kier molecular flexibility index (Phi) is 3.43. The second-order valence-electron chi connectivity index (χ2n) is 6.14. The average molecular weight is 292 g/mol. The molecule has 3 heteroatoms. The Morgan fingerprint density at radius 2 is 1.95 bits per heavy atom. The maximum absolute atomic E-state index is 12.7. The van der Waals surface area contributed by atoms with Crippen LogP contribution in [-0.4, -0.2) is 25.5 Å². The van der Waals surface area contributed by atoms with E-state index in [0.29, 0.717) is 0 Å². The summed E-state index contributed by atoms with van der Waals surface area (Å²) >= 11 is 0. The summed E-state index contributed by atoms with van der Waals surface area (Å²) in [6.45, 7) is 2.61. The second kappa shape index (κ2) is 5.58. The van der Waals surface area contributed by atoms with E-state index in [2.05, 4.69) is 47.8 Å². The minimum absolute atomic E-state index is 0.153. The van der Waals surface area contributed by atoms with Gasteiger partial charge in [-0.25, -0.2) is 0 Å². The van der Waals surface area contributed by atoms with Crippen molar-refractivity contribution in [1.82, 2.24) is 5.32 Å². The molecule has 1 N–H and O–H groups in total. The number of rotatable bonds is 2. The van der Waals surface area contributed by atoms with Gasteiger partial charge in [-0.3, -0.25) is 4.79 Å². The van der Waals surface area contributed by atoms with Crippen molar-refractivity contribution in [1.29, 1.82) is 0 Å². The zero-order chi connectivity index (χ0) is 14.9. The summed E-state index contributed by atoms with van der Waals surface area (Å²) in [5.41, 5.74) is 4.86. The van der Waals surface area contributed by atoms with Gasteiger partial charge in [0.05, 0.1) is 5.92 Å². The van der Waals surface area contributed by atoms with Crippen LogP contribution in [0.25, 0.3) is 11.1 Å². The summed E-state index contributed by atoms with van der Waals surface area (Å²) in [5, 5.41) is 3.28. The first-order valence-electron chi connectivity index (χ1n) is 8.03. The van der Waals surface area contributed by atoms with E-state index in [0.717, 1.165) is 38.2 Å². The number of amides is 1. The molecule has 4 rings (SSSR count). The number of carbonyl (C=O) groups excluding carboxylic acids is 1. The lowest BCUT2D eigenvalue weighted by Crippen LogP contribution is -2.35. The first-order valence-corrected chi connectivity index (χ1v) is 8.03. The predicted octanol–water partition coefficient (Wildman–Crippen LogP) is 2.85. The summed E-state index contributed by atoms with van der Waals surface area (Å²) < 4.78 is 0. The van der Waals surface area contributed by atoms with Gasteiger partial charge in [0.25, 0.3) is 0 Å². The molecule has 0 saturated carbocycles. The van der Waals surface area contributed by atoms with Crippen LogP contribution in [-0.2, 0) is 11.2 Å². The van der Waals surface area contributed by atoms with E-state index in [4.69, 9.17) is 0 Å². The zero-order valence-electron chi connectivity index (χ0n) is 12.6. The van der Waals surface area contributed by atoms with Gasteiger partial charge in [-0.05, 0) is 48.2 Å². The number of carbonyl (C=O) groups is 1. The third kappa shape index (κ3) is 2.32. The SMILES string of the molecule is O=C(C1CCNC1)N1CCc2cc(-c3ccccc3)ccc21. The van der Waals surface area contributed by atoms with Gasteiger partial charge in [-0.2, -0.15) is 0 Å². The van der Waals surface area contributed by atoms with Crippen LogP contribution in [0.5, 0.6) is 0 Å². The maximum atomic E-state index is 12.7. The lowest BCUT2D eigenvalue weighted by Gasteiger charge is -2.21. The van der Waals surface area contributed by atoms with Crippen molar-refractivity contribution in [2.75, 3.05) is 24.5 Å². The van der Waals surface area contributed by atoms with Crippen LogP contribution >= 0.6 is 0 Å². The molecule has 0 radical (unpaired) electrons. The van der Waals surface area contributed by atoms with Crippen molar-refractivity contribution in [3.63, 3.8) is 0 Å². The number of hydrogen-bond donors (Lipinski definition) is 1. The lowest BCUT2D eigenvalue weighted by molar-refractivity contribution is -0.121. The van der Waals surface area contributed by atoms with Crippen LogP contribution in [0.15, 0.2) is 48.5 Å². The summed E-state index contributed by atoms with van der Waals surface area (Å²) in [6.07, 6.45) is 1.93. The van der Waals surface area contributed by atoms with Gasteiger partial charge < -0.3 is 10.2 Å². The molecular weight excluding hydrogens is 272 g/mol. The minimum atomic E-state index is 0.153. The van der Waals surface area contributed by atoms with E-state index in [1.165, 1.54) is 16.7 Å². The molecule has 1 amide bonds. The highest BCUT2D eigenvalue weighted by atomic mass is 16.2. The highest BCUT2D eigenvalue weighted by Crippen LogP contribution is 2.33. The molecule has 2 aromatic carbocycles. The zero-order valence-corrected chi connectivity index (χ0v) is 12.6. The molecule has 112 valence electrons. The third-order valence-electron chi connectivity index (χ3n) is 4.76. The highest BCUT2D eigenvalue weighted by Gasteiger charge is 2.31. The van der Waals surface area contributed by atoms with Crippen molar-refractivity contribution in [3.05, 3.63) is 54.1 Å². The Morgan fingerprint density at radius 1 is 1.09 bits per heavy atom. The topological polar surface area (TPSA) is 32.3 Å². The number of nitrogens with zero attached hydrogens (tertiary/aromatic N) is 1. The predicted molar refractivity (Wildman–Crippen MR) is 88.9 cm³/mol. The average Bonchev–Trinajstić information content (AvgIpc) is 3.24. The monoisotopic (exact) mass is 292 g/mol. The molecule has 0 aliphatic carbocycles. The van der Waals surface area contributed by atoms with E-state index in [9.17, 15) is 4.79 Å². The molecule has 0 spiro atoms. The number of nitrogens with one attached hydrogen (secondary N) is 1. The first-order chi connectivity index (χ1) is 10.8. The lowest BCUT2D eigenvalue weighted by atomic mass is 10.0. The van der Waals surface area contributed by atoms with Crippen molar-refractivity contribution in [3.8, 4) is 11.1 Å². The molecule has 1 unspecified atom stereocenters. The van der Waals surface area contributed by atoms with Gasteiger partial charge in [-0.1, -0.05) is 36.4 Å². The standard InChI is InChI=1S/C19H20N2O/c22-19(17-8-10-20-13-17)21-11-9-16-12-15(6-7-18(16)21)14-4-2-1-3-5-14/h1-7,12,17,20H,8-11,13H2. The van der Waals surface area contributed by atoms with Crippen molar-refractivity contribution in [2.24, 2.45) is 5.92 Å². The van der Waals surface area contributed by atoms with E-state index in [1.54, 1.807) is 0 Å². The van der Waals surface area contributed by atoms with Crippen LogP contribution in [0.3, 0.4) is 0 Å². The summed E-state index contributed by atoms with van der Waals surface area (Å²) in [5.74, 6) is 0.441. The fraction of sp³-hybridized carbons (Fsp3) is 0.316. The van der Waals surface area contributed by atoms with Crippen LogP contribution < -0.4 is 10.2 Å². The Morgan fingerprint density at radius 3 is 2.73 bits per heavy atom. The van der Waals surface area contributed by atoms with Crippen LogP contribution in [0, 0.1) is 5.92 Å². The second-order valence-corrected chi connectivity index (χ2v) is 6.14. The Balaban J connectivity index is 1.62. The molecule has 2 aliphatic heterocycles. The molecule has 22 heavy (non-hydrogen) atoms. The maximum Gasteiger partial charge on any atom is 0.231 e. The Hall–Kier alpha value is -2.13. The molecule has 1 atom stereocenters. The van der Waals surface area contributed by atoms with E-state index < -0.39 is 0 Å². The summed E-state index contributed by atoms with van der Waals surface area (Å²) in [4.78, 5) is 14.6. The fourth-order valence-electron chi connectivity index (χ4n) is 3.53. The molecule has 2 heterocycles. The molecular formula is C19H20N2O. The quantitative estimate of drug-likeness (QED) is 0.923. The van der Waals surface area contributed by atoms with Gasteiger partial charge in [0.1, 0.15) is 0 Å². The third-order valence-corrected chi connectivity index (χ3v) is 4.76. The van der Waals surface area contributed by atoms with Gasteiger partial charge in [0.15, 0.2) is 0 Å². The Bertz CT molecular complexity index is 690. The van der Waals surface area contributed by atoms with E-state index in [-0.39, 0.29) is 11.8 Å². The van der Waals surface area contributed by atoms with Gasteiger partial charge in [-0.15, -0.1) is 0 Å². The van der Waals surface area contributed by atoms with Crippen molar-refractivity contribution >= 4 is 11.6 Å². The van der Waals surface area contributed by atoms with Crippen LogP contribution in [0.2, 0.25) is 0 Å². The molecule has 0 bridgehead atoms. The van der Waals surface area contributed by atoms with Gasteiger partial charge in [0.2, 0.25) is 5.91 Å². The van der Waals surface area contributed by atoms with Crippen molar-refractivity contribution in [2.45, 2.75) is 12.8 Å². The fourth-order valence-corrected chi connectivity index (χ4v) is 3.53. The van der Waals surface area contributed by atoms with Crippen LogP contribution in [0.4, 0.5) is 5.69 Å².